The van der Waals surface area contributed by atoms with Gasteiger partial charge in [-0.25, -0.2) is 5.11 Å². The molecule has 0 fully saturated rings. The molecule has 1 radical (unpaired) electrons. The Labute approximate surface area is 109 Å². The van der Waals surface area contributed by atoms with Crippen LogP contribution < -0.4 is 4.90 Å². The maximum Gasteiger partial charge on any atom is 0.0839 e. The minimum absolute atomic E-state index is 0.0158. The van der Waals surface area contributed by atoms with Gasteiger partial charge in [0.2, 0.25) is 0 Å². The number of nitrogens with zero attached hydrogens (tertiary/aromatic N) is 1. The lowest BCUT2D eigenvalue weighted by atomic mass is 10.2. The molecule has 0 atom stereocenters. The molecular weight excluding hydrogens is 222 g/mol. The number of para-hydroxylation sites is 1. The van der Waals surface area contributed by atoms with Gasteiger partial charge in [0.15, 0.2) is 0 Å². The first-order valence-corrected chi connectivity index (χ1v) is 6.32. The quantitative estimate of drug-likeness (QED) is 0.757. The maximum atomic E-state index is 10.7. The van der Waals surface area contributed by atoms with Crippen LogP contribution in [0.3, 0.4) is 0 Å². The van der Waals surface area contributed by atoms with Crippen LogP contribution >= 0.6 is 0 Å². The summed E-state index contributed by atoms with van der Waals surface area (Å²) in [4.78, 5) is 2.26. The maximum absolute atomic E-state index is 10.7. The van der Waals surface area contributed by atoms with Crippen LogP contribution in [-0.4, -0.2) is 13.2 Å². The molecule has 93 valence electrons. The molecule has 0 unspecified atom stereocenters. The van der Waals surface area contributed by atoms with Crippen LogP contribution in [0.25, 0.3) is 0 Å². The molecule has 0 amide bonds. The van der Waals surface area contributed by atoms with Crippen LogP contribution in [0.15, 0.2) is 60.7 Å². The van der Waals surface area contributed by atoms with Gasteiger partial charge in [-0.1, -0.05) is 48.5 Å². The molecule has 0 aromatic heterocycles. The van der Waals surface area contributed by atoms with E-state index in [0.717, 1.165) is 13.1 Å². The predicted molar refractivity (Wildman–Crippen MR) is 74.1 cm³/mol. The third-order valence-corrected chi connectivity index (χ3v) is 2.91. The average Bonchev–Trinajstić information content (AvgIpc) is 2.45. The summed E-state index contributed by atoms with van der Waals surface area (Å²) in [6.45, 7) is 1.64. The van der Waals surface area contributed by atoms with Gasteiger partial charge in [0.1, 0.15) is 0 Å². The minimum Gasteiger partial charge on any atom is -0.367 e. The largest absolute Gasteiger partial charge is 0.367 e. The number of hydrogen-bond acceptors (Lipinski definition) is 1. The monoisotopic (exact) mass is 240 g/mol. The summed E-state index contributed by atoms with van der Waals surface area (Å²) >= 11 is 0. The molecule has 0 aliphatic rings. The predicted octanol–water partition coefficient (Wildman–Crippen LogP) is 3.51. The van der Waals surface area contributed by atoms with E-state index < -0.39 is 0 Å². The van der Waals surface area contributed by atoms with Crippen LogP contribution in [-0.2, 0) is 11.7 Å². The molecule has 2 nitrogen and oxygen atoms in total. The molecule has 0 spiro atoms. The SMILES string of the molecule is [O]CCCN(Cc1ccccc1)c1ccccc1. The van der Waals surface area contributed by atoms with Crippen molar-refractivity contribution in [1.82, 2.24) is 0 Å². The van der Waals surface area contributed by atoms with Crippen molar-refractivity contribution < 1.29 is 5.11 Å². The van der Waals surface area contributed by atoms with Crippen LogP contribution in [0.5, 0.6) is 0 Å². The molecule has 0 N–H and O–H groups in total. The van der Waals surface area contributed by atoms with E-state index in [1.807, 2.05) is 36.4 Å². The molecule has 0 aliphatic carbocycles. The van der Waals surface area contributed by atoms with Gasteiger partial charge < -0.3 is 4.90 Å². The zero-order valence-electron chi connectivity index (χ0n) is 10.5. The van der Waals surface area contributed by atoms with Crippen molar-refractivity contribution in [2.24, 2.45) is 0 Å². The molecule has 2 aromatic carbocycles. The molecule has 0 saturated heterocycles. The molecule has 0 aliphatic heterocycles. The number of rotatable bonds is 6. The second kappa shape index (κ2) is 6.82. The summed E-state index contributed by atoms with van der Waals surface area (Å²) in [6.07, 6.45) is 0.682. The summed E-state index contributed by atoms with van der Waals surface area (Å²) in [5.74, 6) is 0. The zero-order chi connectivity index (χ0) is 12.6. The Morgan fingerprint density at radius 3 is 2.06 bits per heavy atom. The van der Waals surface area contributed by atoms with Crippen molar-refractivity contribution in [3.05, 3.63) is 66.2 Å². The van der Waals surface area contributed by atoms with E-state index in [-0.39, 0.29) is 6.61 Å². The van der Waals surface area contributed by atoms with Gasteiger partial charge in [0.05, 0.1) is 6.61 Å². The van der Waals surface area contributed by atoms with E-state index in [2.05, 4.69) is 29.2 Å². The fourth-order valence-corrected chi connectivity index (χ4v) is 2.00. The van der Waals surface area contributed by atoms with Crippen molar-refractivity contribution in [2.75, 3.05) is 18.1 Å². The number of anilines is 1. The van der Waals surface area contributed by atoms with Crippen molar-refractivity contribution in [3.8, 4) is 0 Å². The molecule has 0 bridgehead atoms. The lowest BCUT2D eigenvalue weighted by molar-refractivity contribution is 0.190. The molecule has 0 heterocycles. The van der Waals surface area contributed by atoms with Crippen LogP contribution in [0.2, 0.25) is 0 Å². The molecule has 18 heavy (non-hydrogen) atoms. The second-order valence-electron chi connectivity index (χ2n) is 4.30. The van der Waals surface area contributed by atoms with Crippen molar-refractivity contribution >= 4 is 5.69 Å². The highest BCUT2D eigenvalue weighted by Crippen LogP contribution is 2.16. The van der Waals surface area contributed by atoms with E-state index in [0.29, 0.717) is 6.42 Å². The normalized spacial score (nSPS) is 10.3. The third kappa shape index (κ3) is 3.60. The first-order chi connectivity index (χ1) is 8.90. The van der Waals surface area contributed by atoms with Gasteiger partial charge in [-0.3, -0.25) is 0 Å². The molecule has 0 saturated carbocycles. The molecular formula is C16H18NO. The van der Waals surface area contributed by atoms with Crippen molar-refractivity contribution in [2.45, 2.75) is 13.0 Å². The van der Waals surface area contributed by atoms with Gasteiger partial charge in [0, 0.05) is 18.8 Å². The lowest BCUT2D eigenvalue weighted by Gasteiger charge is -2.24. The minimum atomic E-state index is -0.0158. The average molecular weight is 240 g/mol. The second-order valence-corrected chi connectivity index (χ2v) is 4.30. The summed E-state index contributed by atoms with van der Waals surface area (Å²) in [6, 6.07) is 20.6. The fourth-order valence-electron chi connectivity index (χ4n) is 2.00. The standard InChI is InChI=1S/C16H18NO/c18-13-7-12-17(16-10-5-2-6-11-16)14-15-8-3-1-4-9-15/h1-6,8-11H,7,12-14H2. The summed E-state index contributed by atoms with van der Waals surface area (Å²) in [5.41, 5.74) is 2.45. The Hall–Kier alpha value is -1.80. The van der Waals surface area contributed by atoms with Crippen LogP contribution in [0.1, 0.15) is 12.0 Å². The first kappa shape index (κ1) is 12.7. The van der Waals surface area contributed by atoms with E-state index >= 15 is 0 Å². The van der Waals surface area contributed by atoms with Gasteiger partial charge >= 0.3 is 0 Å². The van der Waals surface area contributed by atoms with Crippen LogP contribution in [0.4, 0.5) is 5.69 Å². The van der Waals surface area contributed by atoms with Gasteiger partial charge in [-0.05, 0) is 24.1 Å². The van der Waals surface area contributed by atoms with E-state index in [1.54, 1.807) is 0 Å². The fraction of sp³-hybridized carbons (Fsp3) is 0.250. The van der Waals surface area contributed by atoms with E-state index in [9.17, 15) is 5.11 Å². The Morgan fingerprint density at radius 1 is 0.833 bits per heavy atom. The molecule has 2 aromatic rings. The van der Waals surface area contributed by atoms with Crippen LogP contribution in [0, 0.1) is 0 Å². The highest BCUT2D eigenvalue weighted by Gasteiger charge is 2.06. The highest BCUT2D eigenvalue weighted by atomic mass is 16.3. The number of benzene rings is 2. The molecule has 2 heteroatoms. The third-order valence-electron chi connectivity index (χ3n) is 2.91. The Morgan fingerprint density at radius 2 is 1.44 bits per heavy atom. The summed E-state index contributed by atoms with van der Waals surface area (Å²) in [7, 11) is 0. The van der Waals surface area contributed by atoms with Crippen molar-refractivity contribution in [3.63, 3.8) is 0 Å². The highest BCUT2D eigenvalue weighted by molar-refractivity contribution is 5.46. The Bertz CT molecular complexity index is 441. The first-order valence-electron chi connectivity index (χ1n) is 6.32. The van der Waals surface area contributed by atoms with Gasteiger partial charge in [-0.2, -0.15) is 0 Å². The summed E-state index contributed by atoms with van der Waals surface area (Å²) in [5, 5.41) is 10.7. The van der Waals surface area contributed by atoms with Crippen molar-refractivity contribution in [1.29, 1.82) is 0 Å². The lowest BCUT2D eigenvalue weighted by Crippen LogP contribution is -2.24. The number of hydrogen-bond donors (Lipinski definition) is 0. The topological polar surface area (TPSA) is 23.1 Å². The molecule has 2 rings (SSSR count). The van der Waals surface area contributed by atoms with Gasteiger partial charge in [0.25, 0.3) is 0 Å². The zero-order valence-corrected chi connectivity index (χ0v) is 10.5. The smallest absolute Gasteiger partial charge is 0.0839 e. The Kier molecular flexibility index (Phi) is 4.79. The van der Waals surface area contributed by atoms with Gasteiger partial charge in [-0.15, -0.1) is 0 Å². The van der Waals surface area contributed by atoms with E-state index in [1.165, 1.54) is 11.3 Å². The van der Waals surface area contributed by atoms with E-state index in [4.69, 9.17) is 0 Å². The summed E-state index contributed by atoms with van der Waals surface area (Å²) < 4.78 is 0. The Balaban J connectivity index is 2.10.